The molecule has 2 unspecified atom stereocenters. The first-order valence-electron chi connectivity index (χ1n) is 7.23. The van der Waals surface area contributed by atoms with Gasteiger partial charge >= 0.3 is 0 Å². The molecule has 1 saturated heterocycles. The Morgan fingerprint density at radius 1 is 1.38 bits per heavy atom. The summed E-state index contributed by atoms with van der Waals surface area (Å²) in [6.07, 6.45) is 0.698. The van der Waals surface area contributed by atoms with Crippen LogP contribution in [0.3, 0.4) is 0 Å². The van der Waals surface area contributed by atoms with Crippen molar-refractivity contribution in [3.63, 3.8) is 0 Å². The molecule has 21 heavy (non-hydrogen) atoms. The van der Waals surface area contributed by atoms with Crippen molar-refractivity contribution in [3.8, 4) is 0 Å². The van der Waals surface area contributed by atoms with Gasteiger partial charge in [-0.1, -0.05) is 26.0 Å². The van der Waals surface area contributed by atoms with Gasteiger partial charge in [0.2, 0.25) is 10.0 Å². The van der Waals surface area contributed by atoms with E-state index in [1.54, 1.807) is 10.4 Å². The highest BCUT2D eigenvalue weighted by Gasteiger charge is 2.35. The Kier molecular flexibility index (Phi) is 5.63. The Balaban J connectivity index is 2.47. The number of rotatable bonds is 4. The second kappa shape index (κ2) is 6.90. The highest BCUT2D eigenvalue weighted by atomic mass is 35.5. The third kappa shape index (κ3) is 3.41. The van der Waals surface area contributed by atoms with Crippen LogP contribution in [0.25, 0.3) is 0 Å². The number of sulfonamides is 1. The van der Waals surface area contributed by atoms with Gasteiger partial charge in [-0.2, -0.15) is 16.1 Å². The van der Waals surface area contributed by atoms with Crippen molar-refractivity contribution in [2.24, 2.45) is 0 Å². The molecular weight excluding hydrogens is 326 g/mol. The number of thioether (sulfide) groups is 1. The molecule has 0 radical (unpaired) electrons. The van der Waals surface area contributed by atoms with Crippen LogP contribution in [0.4, 0.5) is 0 Å². The lowest BCUT2D eigenvalue weighted by molar-refractivity contribution is 0.340. The summed E-state index contributed by atoms with van der Waals surface area (Å²) in [6, 6.07) is 5.54. The molecule has 0 amide bonds. The fourth-order valence-corrected chi connectivity index (χ4v) is 6.09. The zero-order chi connectivity index (χ0) is 15.6. The normalized spacial score (nSPS) is 24.2. The molecule has 2 atom stereocenters. The van der Waals surface area contributed by atoms with Gasteiger partial charge in [0, 0.05) is 29.5 Å². The maximum absolute atomic E-state index is 13.1. The molecule has 118 valence electrons. The third-order valence-electron chi connectivity index (χ3n) is 4.08. The molecule has 0 aromatic heterocycles. The molecule has 1 aromatic carbocycles. The summed E-state index contributed by atoms with van der Waals surface area (Å²) in [5.74, 6) is 1.18. The molecule has 0 spiro atoms. The molecule has 3 nitrogen and oxygen atoms in total. The molecule has 0 bridgehead atoms. The van der Waals surface area contributed by atoms with E-state index in [1.165, 1.54) is 0 Å². The predicted molar refractivity (Wildman–Crippen MR) is 90.7 cm³/mol. The van der Waals surface area contributed by atoms with Crippen LogP contribution >= 0.6 is 23.4 Å². The molecule has 1 aromatic rings. The van der Waals surface area contributed by atoms with Crippen LogP contribution in [0.2, 0.25) is 0 Å². The fourth-order valence-electron chi connectivity index (χ4n) is 2.59. The van der Waals surface area contributed by atoms with Crippen molar-refractivity contribution in [1.29, 1.82) is 0 Å². The minimum absolute atomic E-state index is 0.0121. The maximum atomic E-state index is 13.1. The predicted octanol–water partition coefficient (Wildman–Crippen LogP) is 3.50. The lowest BCUT2D eigenvalue weighted by atomic mass is 10.1. The van der Waals surface area contributed by atoms with Crippen LogP contribution in [-0.2, 0) is 22.3 Å². The van der Waals surface area contributed by atoms with Gasteiger partial charge in [0.15, 0.2) is 0 Å². The lowest BCUT2D eigenvalue weighted by Crippen LogP contribution is -2.48. The van der Waals surface area contributed by atoms with Gasteiger partial charge < -0.3 is 0 Å². The Bertz CT molecular complexity index is 604. The summed E-state index contributed by atoms with van der Waals surface area (Å²) in [5.41, 5.74) is 1.71. The van der Waals surface area contributed by atoms with Crippen LogP contribution in [0.15, 0.2) is 23.1 Å². The minimum Gasteiger partial charge on any atom is -0.207 e. The van der Waals surface area contributed by atoms with Crippen molar-refractivity contribution < 1.29 is 8.42 Å². The number of aryl methyl sites for hydroxylation is 1. The van der Waals surface area contributed by atoms with Crippen LogP contribution < -0.4 is 0 Å². The van der Waals surface area contributed by atoms with Gasteiger partial charge in [0.05, 0.1) is 4.90 Å². The van der Waals surface area contributed by atoms with Crippen molar-refractivity contribution in [2.45, 2.75) is 49.3 Å². The van der Waals surface area contributed by atoms with E-state index < -0.39 is 10.0 Å². The van der Waals surface area contributed by atoms with Gasteiger partial charge in [0.1, 0.15) is 0 Å². The van der Waals surface area contributed by atoms with E-state index in [0.29, 0.717) is 29.0 Å². The van der Waals surface area contributed by atoms with E-state index in [-0.39, 0.29) is 6.04 Å². The Hall–Kier alpha value is -0.230. The number of halogens is 1. The van der Waals surface area contributed by atoms with E-state index in [4.69, 9.17) is 11.6 Å². The van der Waals surface area contributed by atoms with E-state index in [0.717, 1.165) is 16.9 Å². The summed E-state index contributed by atoms with van der Waals surface area (Å²) in [6.45, 7) is 6.64. The zero-order valence-electron chi connectivity index (χ0n) is 12.7. The van der Waals surface area contributed by atoms with E-state index in [2.05, 4.69) is 6.92 Å². The SMILES string of the molecule is CCc1ccc(CCl)cc1S(=O)(=O)N1CCSC(C)C1C. The molecule has 0 N–H and O–H groups in total. The highest BCUT2D eigenvalue weighted by molar-refractivity contribution is 8.00. The second-order valence-corrected chi connectivity index (χ2v) is 8.97. The van der Waals surface area contributed by atoms with E-state index >= 15 is 0 Å². The fraction of sp³-hybridized carbons (Fsp3) is 0.600. The number of hydrogen-bond acceptors (Lipinski definition) is 3. The van der Waals surface area contributed by atoms with Gasteiger partial charge in [-0.05, 0) is 30.5 Å². The zero-order valence-corrected chi connectivity index (χ0v) is 15.1. The van der Waals surface area contributed by atoms with Crippen molar-refractivity contribution in [3.05, 3.63) is 29.3 Å². The molecule has 0 aliphatic carbocycles. The molecule has 1 aliphatic rings. The first-order chi connectivity index (χ1) is 9.91. The molecule has 6 heteroatoms. The topological polar surface area (TPSA) is 37.4 Å². The summed E-state index contributed by atoms with van der Waals surface area (Å²) in [4.78, 5) is 0.425. The molecule has 1 heterocycles. The third-order valence-corrected chi connectivity index (χ3v) is 7.79. The number of hydrogen-bond donors (Lipinski definition) is 0. The Morgan fingerprint density at radius 2 is 2.10 bits per heavy atom. The summed E-state index contributed by atoms with van der Waals surface area (Å²) < 4.78 is 27.8. The second-order valence-electron chi connectivity index (χ2n) is 5.36. The Morgan fingerprint density at radius 3 is 2.71 bits per heavy atom. The van der Waals surface area contributed by atoms with Crippen LogP contribution in [0.5, 0.6) is 0 Å². The van der Waals surface area contributed by atoms with Gasteiger partial charge in [-0.25, -0.2) is 8.42 Å². The van der Waals surface area contributed by atoms with Gasteiger partial charge in [-0.3, -0.25) is 0 Å². The van der Waals surface area contributed by atoms with Crippen LogP contribution in [0, 0.1) is 0 Å². The summed E-state index contributed by atoms with van der Waals surface area (Å²) in [7, 11) is -3.46. The summed E-state index contributed by atoms with van der Waals surface area (Å²) in [5, 5.41) is 0.315. The number of alkyl halides is 1. The van der Waals surface area contributed by atoms with Crippen LogP contribution in [0.1, 0.15) is 31.9 Å². The monoisotopic (exact) mass is 347 g/mol. The van der Waals surface area contributed by atoms with E-state index in [1.807, 2.05) is 37.7 Å². The maximum Gasteiger partial charge on any atom is 0.243 e. The van der Waals surface area contributed by atoms with Crippen LogP contribution in [-0.4, -0.2) is 36.3 Å². The summed E-state index contributed by atoms with van der Waals surface area (Å²) >= 11 is 7.70. The largest absolute Gasteiger partial charge is 0.243 e. The number of nitrogens with zero attached hydrogens (tertiary/aromatic N) is 1. The highest BCUT2D eigenvalue weighted by Crippen LogP contribution is 2.31. The molecule has 2 rings (SSSR count). The first kappa shape index (κ1) is 17.1. The van der Waals surface area contributed by atoms with Gasteiger partial charge in [0.25, 0.3) is 0 Å². The smallest absolute Gasteiger partial charge is 0.207 e. The van der Waals surface area contributed by atoms with Crippen molar-refractivity contribution in [2.75, 3.05) is 12.3 Å². The molecule has 0 saturated carbocycles. The Labute approximate surface area is 137 Å². The lowest BCUT2D eigenvalue weighted by Gasteiger charge is -2.36. The minimum atomic E-state index is -3.46. The van der Waals surface area contributed by atoms with Crippen molar-refractivity contribution >= 4 is 33.4 Å². The van der Waals surface area contributed by atoms with E-state index in [9.17, 15) is 8.42 Å². The molecular formula is C15H22ClNO2S2. The van der Waals surface area contributed by atoms with Crippen molar-refractivity contribution in [1.82, 2.24) is 4.31 Å². The molecule has 1 aliphatic heterocycles. The quantitative estimate of drug-likeness (QED) is 0.782. The average molecular weight is 348 g/mol. The van der Waals surface area contributed by atoms with Gasteiger partial charge in [-0.15, -0.1) is 11.6 Å². The molecule has 1 fully saturated rings. The first-order valence-corrected chi connectivity index (χ1v) is 10.2. The average Bonchev–Trinajstić information content (AvgIpc) is 2.49. The standard InChI is InChI=1S/C15H22ClNO2S2/c1-4-14-6-5-13(10-16)9-15(14)21(18,19)17-7-8-20-12(3)11(17)2/h5-6,9,11-12H,4,7-8,10H2,1-3H3. The number of benzene rings is 1.